The van der Waals surface area contributed by atoms with E-state index in [0.29, 0.717) is 12.1 Å². The van der Waals surface area contributed by atoms with E-state index in [-0.39, 0.29) is 5.75 Å². The van der Waals surface area contributed by atoms with Crippen molar-refractivity contribution < 1.29 is 28.2 Å². The van der Waals surface area contributed by atoms with Crippen LogP contribution in [0.15, 0.2) is 12.1 Å². The lowest BCUT2D eigenvalue weighted by molar-refractivity contribution is -0.137. The van der Waals surface area contributed by atoms with Crippen LogP contribution < -0.4 is 10.5 Å². The monoisotopic (exact) mass is 245 g/mol. The number of hydrogen-bond donors (Lipinski definition) is 2. The highest BCUT2D eigenvalue weighted by Crippen LogP contribution is 2.22. The summed E-state index contributed by atoms with van der Waals surface area (Å²) < 4.78 is 31.1. The van der Waals surface area contributed by atoms with Crippen LogP contribution in [0.1, 0.15) is 10.4 Å². The molecule has 17 heavy (non-hydrogen) atoms. The molecular weight excluding hydrogens is 236 g/mol. The first-order chi connectivity index (χ1) is 7.88. The standard InChI is InChI=1S/C10H9F2NO4/c1-17-7-3-5(11)4(2-6(7)12)9(14)8(13)10(15)16/h2-3,8H,13H2,1H3,(H,15,16). The molecule has 0 saturated carbocycles. The summed E-state index contributed by atoms with van der Waals surface area (Å²) in [6.07, 6.45) is 0. The van der Waals surface area contributed by atoms with Gasteiger partial charge in [-0.05, 0) is 6.07 Å². The topological polar surface area (TPSA) is 89.6 Å². The molecule has 0 aliphatic heterocycles. The smallest absolute Gasteiger partial charge is 0.328 e. The molecular formula is C10H9F2NO4. The summed E-state index contributed by atoms with van der Waals surface area (Å²) in [6.45, 7) is 0. The Morgan fingerprint density at radius 1 is 1.35 bits per heavy atom. The van der Waals surface area contributed by atoms with Crippen molar-refractivity contribution in [3.05, 3.63) is 29.3 Å². The van der Waals surface area contributed by atoms with E-state index in [2.05, 4.69) is 4.74 Å². The number of methoxy groups -OCH3 is 1. The second-order valence-electron chi connectivity index (χ2n) is 3.15. The van der Waals surface area contributed by atoms with E-state index >= 15 is 0 Å². The third-order valence-corrected chi connectivity index (χ3v) is 2.06. The highest BCUT2D eigenvalue weighted by Gasteiger charge is 2.26. The number of aliphatic carboxylic acids is 1. The molecule has 1 aromatic carbocycles. The molecule has 92 valence electrons. The van der Waals surface area contributed by atoms with E-state index in [1.807, 2.05) is 0 Å². The summed E-state index contributed by atoms with van der Waals surface area (Å²) in [6, 6.07) is -0.728. The number of nitrogens with two attached hydrogens (primary N) is 1. The predicted molar refractivity (Wildman–Crippen MR) is 52.9 cm³/mol. The third-order valence-electron chi connectivity index (χ3n) is 2.06. The van der Waals surface area contributed by atoms with E-state index in [9.17, 15) is 18.4 Å². The lowest BCUT2D eigenvalue weighted by Gasteiger charge is -2.08. The number of halogens is 2. The van der Waals surface area contributed by atoms with Crippen LogP contribution in [0.3, 0.4) is 0 Å². The summed E-state index contributed by atoms with van der Waals surface area (Å²) in [5.41, 5.74) is 4.29. The number of ketones is 1. The Kier molecular flexibility index (Phi) is 3.74. The molecule has 0 aromatic heterocycles. The number of carbonyl (C=O) groups is 2. The lowest BCUT2D eigenvalue weighted by atomic mass is 10.0. The van der Waals surface area contributed by atoms with Gasteiger partial charge in [0.05, 0.1) is 12.7 Å². The molecule has 1 rings (SSSR count). The van der Waals surface area contributed by atoms with E-state index in [1.165, 1.54) is 0 Å². The number of carboxylic acid groups (broad SMARTS) is 1. The first-order valence-electron chi connectivity index (χ1n) is 4.44. The van der Waals surface area contributed by atoms with Crippen LogP contribution in [0.5, 0.6) is 5.75 Å². The molecule has 0 aliphatic rings. The zero-order chi connectivity index (χ0) is 13.2. The van der Waals surface area contributed by atoms with Gasteiger partial charge in [0.15, 0.2) is 23.4 Å². The molecule has 3 N–H and O–H groups in total. The van der Waals surface area contributed by atoms with Gasteiger partial charge in [-0.3, -0.25) is 9.59 Å². The van der Waals surface area contributed by atoms with Gasteiger partial charge in [-0.1, -0.05) is 0 Å². The zero-order valence-electron chi connectivity index (χ0n) is 8.74. The number of benzene rings is 1. The van der Waals surface area contributed by atoms with Crippen LogP contribution in [0.2, 0.25) is 0 Å². The van der Waals surface area contributed by atoms with Crippen LogP contribution >= 0.6 is 0 Å². The Morgan fingerprint density at radius 2 is 1.94 bits per heavy atom. The average molecular weight is 245 g/mol. The Balaban J connectivity index is 3.20. The Bertz CT molecular complexity index is 476. The molecule has 0 fully saturated rings. The Labute approximate surface area is 94.8 Å². The van der Waals surface area contributed by atoms with Gasteiger partial charge >= 0.3 is 5.97 Å². The summed E-state index contributed by atoms with van der Waals surface area (Å²) in [5.74, 6) is -5.29. The maximum Gasteiger partial charge on any atom is 0.328 e. The number of Topliss-reactive ketones (excluding diaryl/α,β-unsaturated/α-hetero) is 1. The average Bonchev–Trinajstić information content (AvgIpc) is 2.29. The SMILES string of the molecule is COc1cc(F)c(C(=O)C(N)C(=O)O)cc1F. The van der Waals surface area contributed by atoms with Crippen LogP contribution in [0.4, 0.5) is 8.78 Å². The van der Waals surface area contributed by atoms with Crippen LogP contribution in [0, 0.1) is 11.6 Å². The molecule has 0 saturated heterocycles. The van der Waals surface area contributed by atoms with Crippen LogP contribution in [-0.4, -0.2) is 30.0 Å². The van der Waals surface area contributed by atoms with Crippen LogP contribution in [0.25, 0.3) is 0 Å². The molecule has 0 radical (unpaired) electrons. The number of ether oxygens (including phenoxy) is 1. The minimum absolute atomic E-state index is 0.386. The normalized spacial score (nSPS) is 12.0. The second kappa shape index (κ2) is 4.88. The van der Waals surface area contributed by atoms with Gasteiger partial charge in [0.2, 0.25) is 0 Å². The fourth-order valence-corrected chi connectivity index (χ4v) is 1.15. The van der Waals surface area contributed by atoms with Crippen molar-refractivity contribution in [2.75, 3.05) is 7.11 Å². The minimum atomic E-state index is -1.93. The highest BCUT2D eigenvalue weighted by atomic mass is 19.1. The van der Waals surface area contributed by atoms with Crippen molar-refractivity contribution in [1.82, 2.24) is 0 Å². The molecule has 0 aliphatic carbocycles. The molecule has 0 bridgehead atoms. The fourth-order valence-electron chi connectivity index (χ4n) is 1.15. The van der Waals surface area contributed by atoms with E-state index < -0.39 is 35.0 Å². The maximum absolute atomic E-state index is 13.4. The van der Waals surface area contributed by atoms with Crippen molar-refractivity contribution in [2.24, 2.45) is 5.73 Å². The molecule has 0 amide bonds. The van der Waals surface area contributed by atoms with Crippen molar-refractivity contribution in [3.8, 4) is 5.75 Å². The van der Waals surface area contributed by atoms with Crippen molar-refractivity contribution in [1.29, 1.82) is 0 Å². The summed E-state index contributed by atoms with van der Waals surface area (Å²) in [4.78, 5) is 21.9. The molecule has 0 heterocycles. The summed E-state index contributed by atoms with van der Waals surface area (Å²) >= 11 is 0. The molecule has 1 aromatic rings. The molecule has 1 atom stereocenters. The van der Waals surface area contributed by atoms with E-state index in [1.54, 1.807) is 0 Å². The van der Waals surface area contributed by atoms with E-state index in [0.717, 1.165) is 7.11 Å². The van der Waals surface area contributed by atoms with Gasteiger partial charge in [0.1, 0.15) is 5.82 Å². The fraction of sp³-hybridized carbons (Fsp3) is 0.200. The van der Waals surface area contributed by atoms with Gasteiger partial charge in [-0.25, -0.2) is 8.78 Å². The molecule has 5 nitrogen and oxygen atoms in total. The van der Waals surface area contributed by atoms with Crippen LogP contribution in [-0.2, 0) is 4.79 Å². The van der Waals surface area contributed by atoms with Crippen molar-refractivity contribution >= 4 is 11.8 Å². The zero-order valence-corrected chi connectivity index (χ0v) is 8.74. The Hall–Kier alpha value is -2.02. The van der Waals surface area contributed by atoms with Gasteiger partial charge in [0.25, 0.3) is 0 Å². The molecule has 1 unspecified atom stereocenters. The predicted octanol–water partition coefficient (Wildman–Crippen LogP) is 0.568. The van der Waals surface area contributed by atoms with Gasteiger partial charge in [-0.2, -0.15) is 0 Å². The van der Waals surface area contributed by atoms with Gasteiger partial charge in [0, 0.05) is 6.07 Å². The van der Waals surface area contributed by atoms with E-state index in [4.69, 9.17) is 10.8 Å². The largest absolute Gasteiger partial charge is 0.494 e. The number of carbonyl (C=O) groups excluding carboxylic acids is 1. The highest BCUT2D eigenvalue weighted by molar-refractivity contribution is 6.11. The van der Waals surface area contributed by atoms with Crippen molar-refractivity contribution in [2.45, 2.75) is 6.04 Å². The number of rotatable bonds is 4. The minimum Gasteiger partial charge on any atom is -0.494 e. The number of carboxylic acids is 1. The maximum atomic E-state index is 13.4. The van der Waals surface area contributed by atoms with Gasteiger partial charge in [-0.15, -0.1) is 0 Å². The lowest BCUT2D eigenvalue weighted by Crippen LogP contribution is -2.38. The number of hydrogen-bond acceptors (Lipinski definition) is 4. The first kappa shape index (κ1) is 13.0. The Morgan fingerprint density at radius 3 is 2.41 bits per heavy atom. The quantitative estimate of drug-likeness (QED) is 0.597. The van der Waals surface area contributed by atoms with Crippen molar-refractivity contribution in [3.63, 3.8) is 0 Å². The third kappa shape index (κ3) is 2.56. The van der Waals surface area contributed by atoms with Gasteiger partial charge < -0.3 is 15.6 Å². The summed E-state index contributed by atoms with van der Waals surface area (Å²) in [5, 5.41) is 8.49. The molecule has 0 spiro atoms. The first-order valence-corrected chi connectivity index (χ1v) is 4.44. The summed E-state index contributed by atoms with van der Waals surface area (Å²) in [7, 11) is 1.13. The molecule has 7 heteroatoms. The second-order valence-corrected chi connectivity index (χ2v) is 3.15.